The lowest BCUT2D eigenvalue weighted by atomic mass is 9.91. The average molecular weight is 588 g/mol. The van der Waals surface area contributed by atoms with Crippen LogP contribution < -0.4 is 10.9 Å². The first kappa shape index (κ1) is 38.5. The number of rotatable bonds is 9. The molecule has 7 heteroatoms. The Morgan fingerprint density at radius 3 is 2.15 bits per heavy atom. The van der Waals surface area contributed by atoms with Crippen LogP contribution in [0, 0.1) is 30.6 Å². The van der Waals surface area contributed by atoms with Gasteiger partial charge in [-0.3, -0.25) is 4.98 Å². The highest BCUT2D eigenvalue weighted by Crippen LogP contribution is 2.32. The number of alkyl halides is 1. The number of aryl methyl sites for hydroxylation is 1. The third-order valence-corrected chi connectivity index (χ3v) is 7.23. The molecular formula is C34H55ClFN5. The van der Waals surface area contributed by atoms with Crippen LogP contribution in [0.5, 0.6) is 0 Å². The Kier molecular flexibility index (Phi) is 21.7. The van der Waals surface area contributed by atoms with Gasteiger partial charge in [-0.1, -0.05) is 111 Å². The van der Waals surface area contributed by atoms with Gasteiger partial charge in [0.05, 0.1) is 29.1 Å². The van der Waals surface area contributed by atoms with Gasteiger partial charge < -0.3 is 5.43 Å². The summed E-state index contributed by atoms with van der Waals surface area (Å²) in [5.74, 6) is 8.94. The van der Waals surface area contributed by atoms with Crippen molar-refractivity contribution in [3.8, 4) is 11.8 Å². The zero-order chi connectivity index (χ0) is 31.2. The Balaban J connectivity index is 0.00000103. The first-order chi connectivity index (χ1) is 19.8. The molecule has 2 N–H and O–H groups in total. The van der Waals surface area contributed by atoms with Gasteiger partial charge in [-0.05, 0) is 38.2 Å². The molecule has 1 aliphatic carbocycles. The number of nitrogens with one attached hydrogen (secondary N) is 2. The molecule has 41 heavy (non-hydrogen) atoms. The van der Waals surface area contributed by atoms with E-state index in [-0.39, 0.29) is 6.04 Å². The highest BCUT2D eigenvalue weighted by atomic mass is 35.5. The standard InChI is InChI=1S/C21H25ClFN5.C9H18.2C2H6/c1-5-7-8-19(20-9-16(22)11-24-15(20)4)14(3)21-25-12-18(13-26-21)28-27-17(6-2)10-23;1-3-8(2)9-6-4-5-7-9;2*1-2/h9,11-13,17,27-28H,5-6,10H2,1-4H3;8-9H,3-7H2,1-2H3;2*1-2H3/b19-14+;;;. The summed E-state index contributed by atoms with van der Waals surface area (Å²) in [7, 11) is 0. The monoisotopic (exact) mass is 587 g/mol. The lowest BCUT2D eigenvalue weighted by Gasteiger charge is -2.15. The average Bonchev–Trinajstić information content (AvgIpc) is 3.57. The van der Waals surface area contributed by atoms with E-state index < -0.39 is 6.67 Å². The van der Waals surface area contributed by atoms with E-state index >= 15 is 0 Å². The lowest BCUT2D eigenvalue weighted by Crippen LogP contribution is -2.35. The minimum absolute atomic E-state index is 0.254. The third kappa shape index (κ3) is 13.8. The summed E-state index contributed by atoms with van der Waals surface area (Å²) in [5, 5.41) is 0.550. The fourth-order valence-corrected chi connectivity index (χ4v) is 4.45. The second-order valence-corrected chi connectivity index (χ2v) is 10.1. The zero-order valence-corrected chi connectivity index (χ0v) is 28.1. The predicted molar refractivity (Wildman–Crippen MR) is 177 cm³/mol. The Bertz CT molecular complexity index is 1050. The molecule has 0 aliphatic heterocycles. The molecule has 1 aliphatic rings. The van der Waals surface area contributed by atoms with Gasteiger partial charge >= 0.3 is 0 Å². The second-order valence-electron chi connectivity index (χ2n) is 9.70. The summed E-state index contributed by atoms with van der Waals surface area (Å²) < 4.78 is 12.8. The molecule has 0 bridgehead atoms. The topological polar surface area (TPSA) is 62.7 Å². The van der Waals surface area contributed by atoms with Gasteiger partial charge in [0, 0.05) is 35.0 Å². The summed E-state index contributed by atoms with van der Waals surface area (Å²) in [6, 6.07) is 1.60. The fraction of sp³-hybridized carbons (Fsp3) is 0.618. The Morgan fingerprint density at radius 1 is 1.02 bits per heavy atom. The maximum absolute atomic E-state index is 12.8. The molecule has 2 aromatic heterocycles. The summed E-state index contributed by atoms with van der Waals surface area (Å²) >= 11 is 6.14. The van der Waals surface area contributed by atoms with Gasteiger partial charge in [0.15, 0.2) is 5.82 Å². The number of hydrogen-bond donors (Lipinski definition) is 2. The van der Waals surface area contributed by atoms with Crippen molar-refractivity contribution in [2.75, 3.05) is 12.1 Å². The van der Waals surface area contributed by atoms with E-state index in [0.29, 0.717) is 23.0 Å². The molecule has 0 aromatic carbocycles. The normalized spacial score (nSPS) is 14.3. The van der Waals surface area contributed by atoms with E-state index in [2.05, 4.69) is 51.5 Å². The molecule has 2 aromatic rings. The van der Waals surface area contributed by atoms with Gasteiger partial charge in [0.25, 0.3) is 0 Å². The molecular weight excluding hydrogens is 533 g/mol. The van der Waals surface area contributed by atoms with Crippen molar-refractivity contribution in [1.82, 2.24) is 20.4 Å². The van der Waals surface area contributed by atoms with Gasteiger partial charge in [-0.25, -0.2) is 19.8 Å². The molecule has 5 nitrogen and oxygen atoms in total. The van der Waals surface area contributed by atoms with Crippen LogP contribution in [0.4, 0.5) is 10.1 Å². The molecule has 2 atom stereocenters. The number of allylic oxidation sites excluding steroid dienone is 2. The highest BCUT2D eigenvalue weighted by Gasteiger charge is 2.19. The Morgan fingerprint density at radius 2 is 1.63 bits per heavy atom. The van der Waals surface area contributed by atoms with Crippen LogP contribution in [-0.4, -0.2) is 27.7 Å². The molecule has 0 saturated heterocycles. The van der Waals surface area contributed by atoms with Gasteiger partial charge in [-0.2, -0.15) is 0 Å². The molecule has 3 rings (SSSR count). The zero-order valence-electron chi connectivity index (χ0n) is 27.3. The van der Waals surface area contributed by atoms with E-state index in [9.17, 15) is 4.39 Å². The number of anilines is 1. The van der Waals surface area contributed by atoms with Crippen molar-refractivity contribution in [2.45, 2.75) is 120 Å². The molecule has 0 spiro atoms. The van der Waals surface area contributed by atoms with Crippen LogP contribution in [0.15, 0.2) is 24.7 Å². The number of nitrogens with zero attached hydrogens (tertiary/aromatic N) is 3. The van der Waals surface area contributed by atoms with Crippen molar-refractivity contribution in [2.24, 2.45) is 11.8 Å². The quantitative estimate of drug-likeness (QED) is 0.226. The molecule has 0 amide bonds. The first-order valence-corrected chi connectivity index (χ1v) is 15.9. The van der Waals surface area contributed by atoms with Crippen LogP contribution in [-0.2, 0) is 0 Å². The number of hydrogen-bond acceptors (Lipinski definition) is 5. The molecule has 230 valence electrons. The largest absolute Gasteiger partial charge is 0.318 e. The second kappa shape index (κ2) is 23.1. The van der Waals surface area contributed by atoms with Crippen LogP contribution in [0.1, 0.15) is 124 Å². The minimum Gasteiger partial charge on any atom is -0.318 e. The number of aromatic nitrogens is 3. The summed E-state index contributed by atoms with van der Waals surface area (Å²) in [6.07, 6.45) is 13.7. The summed E-state index contributed by atoms with van der Waals surface area (Å²) in [4.78, 5) is 13.2. The van der Waals surface area contributed by atoms with E-state index in [1.165, 1.54) is 32.1 Å². The van der Waals surface area contributed by atoms with Crippen molar-refractivity contribution in [3.63, 3.8) is 0 Å². The van der Waals surface area contributed by atoms with Crippen molar-refractivity contribution in [3.05, 3.63) is 46.8 Å². The van der Waals surface area contributed by atoms with Gasteiger partial charge in [0.2, 0.25) is 0 Å². The third-order valence-electron chi connectivity index (χ3n) is 7.02. The Hall–Kier alpha value is -2.49. The van der Waals surface area contributed by atoms with E-state index in [1.807, 2.05) is 61.5 Å². The highest BCUT2D eigenvalue weighted by molar-refractivity contribution is 6.30. The van der Waals surface area contributed by atoms with Crippen molar-refractivity contribution >= 4 is 28.4 Å². The SMILES string of the molecule is CC.CC.CCC#C/C(=C(/C)c1ncc(NNC(CC)CF)cn1)c1cc(Cl)cnc1C.CCC(C)C1CCCC1. The predicted octanol–water partition coefficient (Wildman–Crippen LogP) is 10.1. The fourth-order valence-electron chi connectivity index (χ4n) is 4.29. The number of hydrazine groups is 1. The molecule has 1 saturated carbocycles. The molecule has 0 radical (unpaired) electrons. The van der Waals surface area contributed by atoms with Crippen LogP contribution in [0.25, 0.3) is 11.1 Å². The van der Waals surface area contributed by atoms with Crippen molar-refractivity contribution in [1.29, 1.82) is 0 Å². The van der Waals surface area contributed by atoms with Gasteiger partial charge in [-0.15, -0.1) is 0 Å². The van der Waals surface area contributed by atoms with E-state index in [0.717, 1.165) is 40.7 Å². The minimum atomic E-state index is -0.448. The molecule has 2 heterocycles. The lowest BCUT2D eigenvalue weighted by molar-refractivity contribution is 0.357. The van der Waals surface area contributed by atoms with E-state index in [1.54, 1.807) is 18.6 Å². The first-order valence-electron chi connectivity index (χ1n) is 15.6. The number of halogens is 2. The van der Waals surface area contributed by atoms with Gasteiger partial charge in [0.1, 0.15) is 6.67 Å². The van der Waals surface area contributed by atoms with Crippen LogP contribution in [0.3, 0.4) is 0 Å². The smallest absolute Gasteiger partial charge is 0.156 e. The van der Waals surface area contributed by atoms with Crippen LogP contribution in [0.2, 0.25) is 5.02 Å². The Labute approximate surface area is 255 Å². The maximum Gasteiger partial charge on any atom is 0.156 e. The van der Waals surface area contributed by atoms with E-state index in [4.69, 9.17) is 11.6 Å². The summed E-state index contributed by atoms with van der Waals surface area (Å²) in [6.45, 7) is 20.0. The van der Waals surface area contributed by atoms with Crippen molar-refractivity contribution < 1.29 is 4.39 Å². The maximum atomic E-state index is 12.8. The van der Waals surface area contributed by atoms with Crippen LogP contribution >= 0.6 is 11.6 Å². The molecule has 1 fully saturated rings. The molecule has 2 unspecified atom stereocenters. The number of pyridine rings is 1. The summed E-state index contributed by atoms with van der Waals surface area (Å²) in [5.41, 5.74) is 9.85.